The van der Waals surface area contributed by atoms with Crippen molar-refractivity contribution in [1.82, 2.24) is 5.43 Å². The number of carbonyl (C=O) groups excluding carboxylic acids is 2. The van der Waals surface area contributed by atoms with Crippen LogP contribution in [0, 0.1) is 5.92 Å². The predicted molar refractivity (Wildman–Crippen MR) is 114 cm³/mol. The highest BCUT2D eigenvalue weighted by Gasteiger charge is 2.21. The van der Waals surface area contributed by atoms with Gasteiger partial charge in [0.1, 0.15) is 0 Å². The second-order valence-electron chi connectivity index (χ2n) is 7.61. The third-order valence-corrected chi connectivity index (χ3v) is 5.48. The summed E-state index contributed by atoms with van der Waals surface area (Å²) in [6.45, 7) is 1.97. The van der Waals surface area contributed by atoms with Gasteiger partial charge in [0.15, 0.2) is 11.5 Å². The van der Waals surface area contributed by atoms with E-state index in [0.717, 1.165) is 36.9 Å². The third kappa shape index (κ3) is 4.62. The molecular weight excluding hydrogens is 382 g/mol. The van der Waals surface area contributed by atoms with Crippen molar-refractivity contribution < 1.29 is 19.1 Å². The molecule has 4 rings (SSSR count). The first-order valence-electron chi connectivity index (χ1n) is 10.3. The molecule has 0 spiro atoms. The van der Waals surface area contributed by atoms with Gasteiger partial charge in [-0.05, 0) is 55.7 Å². The first kappa shape index (κ1) is 19.9. The average molecular weight is 407 g/mol. The number of ether oxygens (including phenoxy) is 2. The lowest BCUT2D eigenvalue weighted by molar-refractivity contribution is -0.120. The van der Waals surface area contributed by atoms with Crippen molar-refractivity contribution in [2.45, 2.75) is 39.0 Å². The molecule has 0 saturated heterocycles. The van der Waals surface area contributed by atoms with Crippen molar-refractivity contribution in [2.24, 2.45) is 11.0 Å². The number of anilines is 1. The maximum absolute atomic E-state index is 12.5. The highest BCUT2D eigenvalue weighted by molar-refractivity contribution is 6.02. The lowest BCUT2D eigenvalue weighted by atomic mass is 9.88. The molecule has 0 bridgehead atoms. The van der Waals surface area contributed by atoms with Crippen LogP contribution in [-0.4, -0.2) is 24.3 Å². The zero-order valence-electron chi connectivity index (χ0n) is 16.9. The SMILES string of the molecule is C/C(=N\NC(=O)c1ccc2c(c1)OCO2)c1cccc(NC(=O)C2CCCCC2)c1. The van der Waals surface area contributed by atoms with E-state index in [1.807, 2.05) is 31.2 Å². The van der Waals surface area contributed by atoms with Crippen molar-refractivity contribution in [3.63, 3.8) is 0 Å². The molecule has 1 aliphatic heterocycles. The van der Waals surface area contributed by atoms with Crippen molar-refractivity contribution in [2.75, 3.05) is 12.1 Å². The summed E-state index contributed by atoms with van der Waals surface area (Å²) in [5.74, 6) is 1.01. The predicted octanol–water partition coefficient (Wildman–Crippen LogP) is 4.09. The Labute approximate surface area is 175 Å². The molecule has 1 heterocycles. The molecule has 2 amide bonds. The lowest BCUT2D eigenvalue weighted by Crippen LogP contribution is -2.24. The Morgan fingerprint density at radius 2 is 1.77 bits per heavy atom. The van der Waals surface area contributed by atoms with Gasteiger partial charge in [0.25, 0.3) is 5.91 Å². The summed E-state index contributed by atoms with van der Waals surface area (Å²) in [7, 11) is 0. The van der Waals surface area contributed by atoms with Gasteiger partial charge in [-0.1, -0.05) is 31.4 Å². The summed E-state index contributed by atoms with van der Waals surface area (Å²) < 4.78 is 10.6. The quantitative estimate of drug-likeness (QED) is 0.577. The highest BCUT2D eigenvalue weighted by Crippen LogP contribution is 2.32. The first-order chi connectivity index (χ1) is 14.6. The smallest absolute Gasteiger partial charge is 0.271 e. The molecular formula is C23H25N3O4. The topological polar surface area (TPSA) is 89.0 Å². The summed E-state index contributed by atoms with van der Waals surface area (Å²) in [6.07, 6.45) is 5.36. The number of rotatable bonds is 5. The van der Waals surface area contributed by atoms with Crippen LogP contribution in [-0.2, 0) is 4.79 Å². The van der Waals surface area contributed by atoms with Gasteiger partial charge in [-0.3, -0.25) is 9.59 Å². The van der Waals surface area contributed by atoms with E-state index in [4.69, 9.17) is 9.47 Å². The van der Waals surface area contributed by atoms with Crippen LogP contribution in [0.4, 0.5) is 5.69 Å². The lowest BCUT2D eigenvalue weighted by Gasteiger charge is -2.20. The fraction of sp³-hybridized carbons (Fsp3) is 0.348. The minimum Gasteiger partial charge on any atom is -0.454 e. The number of hydrazone groups is 1. The van der Waals surface area contributed by atoms with Gasteiger partial charge in [-0.25, -0.2) is 5.43 Å². The van der Waals surface area contributed by atoms with E-state index >= 15 is 0 Å². The molecule has 1 saturated carbocycles. The second-order valence-corrected chi connectivity index (χ2v) is 7.61. The number of nitrogens with one attached hydrogen (secondary N) is 2. The van der Waals surface area contributed by atoms with Crippen molar-refractivity contribution in [3.8, 4) is 11.5 Å². The fourth-order valence-corrected chi connectivity index (χ4v) is 3.73. The zero-order valence-corrected chi connectivity index (χ0v) is 16.9. The van der Waals surface area contributed by atoms with Crippen LogP contribution in [0.15, 0.2) is 47.6 Å². The van der Waals surface area contributed by atoms with Crippen molar-refractivity contribution in [3.05, 3.63) is 53.6 Å². The van der Waals surface area contributed by atoms with Crippen LogP contribution in [0.3, 0.4) is 0 Å². The van der Waals surface area contributed by atoms with Gasteiger partial charge in [-0.2, -0.15) is 5.10 Å². The van der Waals surface area contributed by atoms with Crippen LogP contribution in [0.2, 0.25) is 0 Å². The van der Waals surface area contributed by atoms with Gasteiger partial charge < -0.3 is 14.8 Å². The average Bonchev–Trinajstić information content (AvgIpc) is 3.26. The molecule has 2 aromatic rings. The normalized spacial score (nSPS) is 16.2. The van der Waals surface area contributed by atoms with Crippen LogP contribution >= 0.6 is 0 Å². The largest absolute Gasteiger partial charge is 0.454 e. The second kappa shape index (κ2) is 8.98. The Hall–Kier alpha value is -3.35. The monoisotopic (exact) mass is 407 g/mol. The molecule has 0 aromatic heterocycles. The third-order valence-electron chi connectivity index (χ3n) is 5.48. The number of amides is 2. The number of fused-ring (bicyclic) bond motifs is 1. The van der Waals surface area contributed by atoms with Crippen molar-refractivity contribution in [1.29, 1.82) is 0 Å². The van der Waals surface area contributed by atoms with Crippen LogP contribution in [0.1, 0.15) is 54.9 Å². The van der Waals surface area contributed by atoms with E-state index in [0.29, 0.717) is 22.8 Å². The Kier molecular flexibility index (Phi) is 5.97. The van der Waals surface area contributed by atoms with E-state index in [9.17, 15) is 9.59 Å². The van der Waals surface area contributed by atoms with Gasteiger partial charge in [0.2, 0.25) is 12.7 Å². The minimum atomic E-state index is -0.339. The Balaban J connectivity index is 1.39. The number of nitrogens with zero attached hydrogens (tertiary/aromatic N) is 1. The van der Waals surface area contributed by atoms with E-state index in [1.165, 1.54) is 6.42 Å². The molecule has 7 heteroatoms. The molecule has 2 aromatic carbocycles. The Morgan fingerprint density at radius 3 is 2.60 bits per heavy atom. The molecule has 30 heavy (non-hydrogen) atoms. The fourth-order valence-electron chi connectivity index (χ4n) is 3.73. The van der Waals surface area contributed by atoms with E-state index < -0.39 is 0 Å². The minimum absolute atomic E-state index is 0.0811. The van der Waals surface area contributed by atoms with Gasteiger partial charge in [0, 0.05) is 17.2 Å². The van der Waals surface area contributed by atoms with E-state index in [-0.39, 0.29) is 24.5 Å². The van der Waals surface area contributed by atoms with E-state index in [1.54, 1.807) is 18.2 Å². The maximum Gasteiger partial charge on any atom is 0.271 e. The molecule has 0 unspecified atom stereocenters. The highest BCUT2D eigenvalue weighted by atomic mass is 16.7. The van der Waals surface area contributed by atoms with Gasteiger partial charge >= 0.3 is 0 Å². The molecule has 2 aliphatic rings. The van der Waals surface area contributed by atoms with Crippen LogP contribution in [0.5, 0.6) is 11.5 Å². The molecule has 7 nitrogen and oxygen atoms in total. The maximum atomic E-state index is 12.5. The molecule has 0 atom stereocenters. The summed E-state index contributed by atoms with van der Waals surface area (Å²) in [6, 6.07) is 12.5. The van der Waals surface area contributed by atoms with Crippen LogP contribution < -0.4 is 20.2 Å². The number of hydrogen-bond donors (Lipinski definition) is 2. The molecule has 156 valence electrons. The van der Waals surface area contributed by atoms with Gasteiger partial charge in [-0.15, -0.1) is 0 Å². The molecule has 0 radical (unpaired) electrons. The summed E-state index contributed by atoms with van der Waals surface area (Å²) in [4.78, 5) is 24.9. The summed E-state index contributed by atoms with van der Waals surface area (Å²) >= 11 is 0. The molecule has 1 aliphatic carbocycles. The van der Waals surface area contributed by atoms with Crippen LogP contribution in [0.25, 0.3) is 0 Å². The van der Waals surface area contributed by atoms with Crippen molar-refractivity contribution >= 4 is 23.2 Å². The molecule has 2 N–H and O–H groups in total. The summed E-state index contributed by atoms with van der Waals surface area (Å²) in [5.41, 5.74) is 5.19. The first-order valence-corrected chi connectivity index (χ1v) is 10.3. The Morgan fingerprint density at radius 1 is 0.967 bits per heavy atom. The van der Waals surface area contributed by atoms with E-state index in [2.05, 4.69) is 15.8 Å². The number of carbonyl (C=O) groups is 2. The standard InChI is InChI=1S/C23H25N3O4/c1-15(25-26-23(28)18-10-11-20-21(13-18)30-14-29-20)17-8-5-9-19(12-17)24-22(27)16-6-3-2-4-7-16/h5,8-13,16H,2-4,6-7,14H2,1H3,(H,24,27)(H,26,28)/b25-15+. The number of hydrogen-bond acceptors (Lipinski definition) is 5. The molecule has 1 fully saturated rings. The zero-order chi connectivity index (χ0) is 20.9. The summed E-state index contributed by atoms with van der Waals surface area (Å²) in [5, 5.41) is 7.22. The number of benzene rings is 2. The van der Waals surface area contributed by atoms with Gasteiger partial charge in [0.05, 0.1) is 5.71 Å². The Bertz CT molecular complexity index is 980.